The van der Waals surface area contributed by atoms with E-state index in [-0.39, 0.29) is 22.7 Å². The van der Waals surface area contributed by atoms with Gasteiger partial charge in [-0.25, -0.2) is 0 Å². The number of nitrogens with one attached hydrogen (secondary N) is 1. The second kappa shape index (κ2) is 11.1. The molecule has 2 atom stereocenters. The molecular formula is C27H32N6O4S. The van der Waals surface area contributed by atoms with Crippen LogP contribution in [-0.2, 0) is 4.74 Å². The lowest BCUT2D eigenvalue weighted by Crippen LogP contribution is -2.42. The fraction of sp³-hybridized carbons (Fsp3) is 0.407. The molecule has 0 amide bonds. The van der Waals surface area contributed by atoms with Crippen LogP contribution in [0.5, 0.6) is 5.75 Å². The number of aryl methyl sites for hydroxylation is 1. The third-order valence-corrected chi connectivity index (χ3v) is 7.71. The minimum Gasteiger partial charge on any atom is -0.495 e. The van der Waals surface area contributed by atoms with Gasteiger partial charge in [0.2, 0.25) is 0 Å². The molecule has 2 aliphatic heterocycles. The summed E-state index contributed by atoms with van der Waals surface area (Å²) in [5.74, 6) is 0.564. The molecule has 5 rings (SSSR count). The number of non-ortho nitro benzene ring substituents is 1. The van der Waals surface area contributed by atoms with Gasteiger partial charge < -0.3 is 24.3 Å². The van der Waals surface area contributed by atoms with E-state index in [0.29, 0.717) is 16.5 Å². The van der Waals surface area contributed by atoms with Crippen molar-refractivity contribution in [1.29, 1.82) is 0 Å². The molecule has 11 heteroatoms. The molecule has 2 fully saturated rings. The molecule has 0 radical (unpaired) electrons. The third kappa shape index (κ3) is 4.96. The summed E-state index contributed by atoms with van der Waals surface area (Å²) < 4.78 is 13.1. The Balaban J connectivity index is 1.57. The van der Waals surface area contributed by atoms with Crippen LogP contribution in [0.1, 0.15) is 34.7 Å². The Kier molecular flexibility index (Phi) is 7.59. The highest BCUT2D eigenvalue weighted by Crippen LogP contribution is 2.42. The Hall–Kier alpha value is -3.54. The van der Waals surface area contributed by atoms with Crippen molar-refractivity contribution in [3.8, 4) is 11.4 Å². The average Bonchev–Trinajstić information content (AvgIpc) is 3.42. The Morgan fingerprint density at radius 1 is 1.18 bits per heavy atom. The normalized spacial score (nSPS) is 20.0. The molecule has 0 bridgehead atoms. The van der Waals surface area contributed by atoms with Crippen LogP contribution in [0.15, 0.2) is 48.7 Å². The number of benzene rings is 1. The first-order valence-electron chi connectivity index (χ1n) is 12.7. The number of thiocarbonyl (C=S) groups is 1. The Morgan fingerprint density at radius 2 is 1.97 bits per heavy atom. The van der Waals surface area contributed by atoms with Crippen molar-refractivity contribution in [2.24, 2.45) is 0 Å². The van der Waals surface area contributed by atoms with Gasteiger partial charge in [-0.3, -0.25) is 20.0 Å². The van der Waals surface area contributed by atoms with Gasteiger partial charge in [-0.2, -0.15) is 0 Å². The lowest BCUT2D eigenvalue weighted by molar-refractivity contribution is -0.384. The highest BCUT2D eigenvalue weighted by atomic mass is 32.1. The van der Waals surface area contributed by atoms with E-state index in [2.05, 4.69) is 26.2 Å². The van der Waals surface area contributed by atoms with Crippen LogP contribution in [0.25, 0.3) is 5.69 Å². The van der Waals surface area contributed by atoms with Crippen molar-refractivity contribution >= 4 is 23.0 Å². The zero-order chi connectivity index (χ0) is 26.8. The number of hydrogen-bond donors (Lipinski definition) is 1. The zero-order valence-electron chi connectivity index (χ0n) is 21.8. The number of nitrogens with zero attached hydrogens (tertiary/aromatic N) is 5. The van der Waals surface area contributed by atoms with Crippen molar-refractivity contribution < 1.29 is 14.4 Å². The summed E-state index contributed by atoms with van der Waals surface area (Å²) in [7, 11) is 1.57. The largest absolute Gasteiger partial charge is 0.495 e. The minimum absolute atomic E-state index is 0.0112. The lowest BCUT2D eigenvalue weighted by atomic mass is 9.96. The van der Waals surface area contributed by atoms with Gasteiger partial charge in [0.25, 0.3) is 5.69 Å². The van der Waals surface area contributed by atoms with Gasteiger partial charge in [-0.05, 0) is 55.9 Å². The summed E-state index contributed by atoms with van der Waals surface area (Å²) in [5.41, 5.74) is 4.55. The predicted octanol–water partition coefficient (Wildman–Crippen LogP) is 3.71. The van der Waals surface area contributed by atoms with E-state index in [9.17, 15) is 10.1 Å². The van der Waals surface area contributed by atoms with E-state index >= 15 is 0 Å². The number of morpholine rings is 1. The molecule has 1 aromatic carbocycles. The van der Waals surface area contributed by atoms with Crippen molar-refractivity contribution in [1.82, 2.24) is 24.7 Å². The molecule has 0 aliphatic carbocycles. The number of hydrogen-bond acceptors (Lipinski definition) is 7. The quantitative estimate of drug-likeness (QED) is 0.262. The van der Waals surface area contributed by atoms with Crippen LogP contribution >= 0.6 is 12.2 Å². The first-order chi connectivity index (χ1) is 18.4. The average molecular weight is 537 g/mol. The number of aromatic nitrogens is 2. The number of rotatable bonds is 8. The molecule has 200 valence electrons. The van der Waals surface area contributed by atoms with Gasteiger partial charge in [0, 0.05) is 55.9 Å². The Labute approximate surface area is 227 Å². The number of ether oxygens (including phenoxy) is 2. The zero-order valence-corrected chi connectivity index (χ0v) is 22.6. The van der Waals surface area contributed by atoms with E-state index in [4.69, 9.17) is 21.7 Å². The van der Waals surface area contributed by atoms with Gasteiger partial charge >= 0.3 is 0 Å². The monoisotopic (exact) mass is 536 g/mol. The van der Waals surface area contributed by atoms with Gasteiger partial charge in [0.1, 0.15) is 5.75 Å². The predicted molar refractivity (Wildman–Crippen MR) is 148 cm³/mol. The molecule has 2 aliphatic rings. The van der Waals surface area contributed by atoms with Crippen LogP contribution in [-0.4, -0.2) is 75.9 Å². The fourth-order valence-corrected chi connectivity index (χ4v) is 5.82. The van der Waals surface area contributed by atoms with Gasteiger partial charge in [-0.1, -0.05) is 6.07 Å². The number of nitro benzene ring substituents is 1. The lowest BCUT2D eigenvalue weighted by Gasteiger charge is -2.32. The van der Waals surface area contributed by atoms with Crippen LogP contribution < -0.4 is 10.1 Å². The molecule has 2 saturated heterocycles. The SMILES string of the molecule is COc1ccc([N+](=O)[O-])cc1-n1c(C)cc([C@H]2[C@@H](c3ccccn3)NC(=S)N2CCN2CCOCC2)c1C. The smallest absolute Gasteiger partial charge is 0.271 e. The molecule has 3 aromatic rings. The van der Waals surface area contributed by atoms with E-state index < -0.39 is 0 Å². The molecule has 10 nitrogen and oxygen atoms in total. The molecule has 4 heterocycles. The standard InChI is InChI=1S/C27H32N6O4S/c1-18-16-21(19(2)32(18)23-17-20(33(34)35)7-8-24(23)36-3)26-25(22-6-4-5-9-28-22)29-27(38)31(26)11-10-30-12-14-37-15-13-30/h4-9,16-17,25-26H,10-15H2,1-3H3,(H,29,38)/t25-,26+/m1/s1. The maximum absolute atomic E-state index is 11.6. The summed E-state index contributed by atoms with van der Waals surface area (Å²) in [6.45, 7) is 8.97. The summed E-state index contributed by atoms with van der Waals surface area (Å²) in [6.07, 6.45) is 1.80. The Bertz CT molecular complexity index is 1320. The van der Waals surface area contributed by atoms with E-state index in [0.717, 1.165) is 62.0 Å². The first-order valence-corrected chi connectivity index (χ1v) is 13.1. The van der Waals surface area contributed by atoms with Crippen LogP contribution in [0.3, 0.4) is 0 Å². The van der Waals surface area contributed by atoms with Crippen molar-refractivity contribution in [3.63, 3.8) is 0 Å². The molecule has 38 heavy (non-hydrogen) atoms. The van der Waals surface area contributed by atoms with Crippen LogP contribution in [0.2, 0.25) is 0 Å². The van der Waals surface area contributed by atoms with E-state index in [1.165, 1.54) is 6.07 Å². The molecule has 0 saturated carbocycles. The summed E-state index contributed by atoms with van der Waals surface area (Å²) >= 11 is 5.87. The summed E-state index contributed by atoms with van der Waals surface area (Å²) in [6, 6.07) is 12.5. The topological polar surface area (TPSA) is 97.9 Å². The van der Waals surface area contributed by atoms with Crippen molar-refractivity contribution in [2.75, 3.05) is 46.5 Å². The van der Waals surface area contributed by atoms with Crippen LogP contribution in [0.4, 0.5) is 5.69 Å². The highest BCUT2D eigenvalue weighted by molar-refractivity contribution is 7.80. The molecule has 0 spiro atoms. The van der Waals surface area contributed by atoms with Crippen molar-refractivity contribution in [3.05, 3.63) is 81.4 Å². The maximum Gasteiger partial charge on any atom is 0.271 e. The molecule has 2 aromatic heterocycles. The van der Waals surface area contributed by atoms with E-state index in [1.54, 1.807) is 25.4 Å². The van der Waals surface area contributed by atoms with Crippen LogP contribution in [0, 0.1) is 24.0 Å². The second-order valence-electron chi connectivity index (χ2n) is 9.55. The molecule has 0 unspecified atom stereocenters. The Morgan fingerprint density at radius 3 is 2.66 bits per heavy atom. The fourth-order valence-electron chi connectivity index (χ4n) is 5.48. The maximum atomic E-state index is 11.6. The third-order valence-electron chi connectivity index (χ3n) is 7.36. The summed E-state index contributed by atoms with van der Waals surface area (Å²) in [4.78, 5) is 20.5. The molecular weight excluding hydrogens is 504 g/mol. The van der Waals surface area contributed by atoms with Gasteiger partial charge in [0.15, 0.2) is 5.11 Å². The first kappa shape index (κ1) is 26.1. The number of pyridine rings is 1. The van der Waals surface area contributed by atoms with Crippen molar-refractivity contribution in [2.45, 2.75) is 25.9 Å². The minimum atomic E-state index is -0.387. The number of nitro groups is 1. The van der Waals surface area contributed by atoms with Gasteiger partial charge in [0.05, 0.1) is 48.7 Å². The number of methoxy groups -OCH3 is 1. The molecule has 1 N–H and O–H groups in total. The highest BCUT2D eigenvalue weighted by Gasteiger charge is 2.41. The second-order valence-corrected chi connectivity index (χ2v) is 9.94. The van der Waals surface area contributed by atoms with E-state index in [1.807, 2.05) is 36.6 Å². The van der Waals surface area contributed by atoms with Gasteiger partial charge in [-0.15, -0.1) is 0 Å². The summed E-state index contributed by atoms with van der Waals surface area (Å²) in [5, 5.41) is 15.8.